The van der Waals surface area contributed by atoms with Gasteiger partial charge in [-0.05, 0) is 12.8 Å². The quantitative estimate of drug-likeness (QED) is 0.794. The van der Waals surface area contributed by atoms with Crippen LogP contribution >= 0.6 is 11.3 Å². The highest BCUT2D eigenvalue weighted by Crippen LogP contribution is 2.38. The summed E-state index contributed by atoms with van der Waals surface area (Å²) < 4.78 is 0. The van der Waals surface area contributed by atoms with Crippen LogP contribution in [-0.2, 0) is 16.0 Å². The molecule has 0 fully saturated rings. The summed E-state index contributed by atoms with van der Waals surface area (Å²) in [6, 6.07) is 0. The Morgan fingerprint density at radius 3 is 2.93 bits per heavy atom. The van der Waals surface area contributed by atoms with Crippen molar-refractivity contribution in [1.29, 1.82) is 0 Å². The van der Waals surface area contributed by atoms with Crippen LogP contribution < -0.4 is 5.32 Å². The fraction of sp³-hybridized carbons (Fsp3) is 0.444. The predicted octanol–water partition coefficient (Wildman–Crippen LogP) is 1.22. The lowest BCUT2D eigenvalue weighted by Gasteiger charge is -2.01. The molecule has 0 bridgehead atoms. The Bertz CT molecular complexity index is 427. The van der Waals surface area contributed by atoms with Gasteiger partial charge in [0.1, 0.15) is 5.92 Å². The van der Waals surface area contributed by atoms with Crippen LogP contribution in [0.1, 0.15) is 29.8 Å². The average Bonchev–Trinajstić information content (AvgIpc) is 2.60. The van der Waals surface area contributed by atoms with Crippen LogP contribution in [0.25, 0.3) is 0 Å². The molecule has 0 radical (unpaired) electrons. The largest absolute Gasteiger partial charge is 0.481 e. The van der Waals surface area contributed by atoms with E-state index >= 15 is 0 Å². The third kappa shape index (κ3) is 1.85. The average molecular weight is 226 g/mol. The van der Waals surface area contributed by atoms with E-state index in [0.29, 0.717) is 17.2 Å². The van der Waals surface area contributed by atoms with Crippen LogP contribution in [0.5, 0.6) is 0 Å². The smallest absolute Gasteiger partial charge is 0.312 e. The molecule has 5 nitrogen and oxygen atoms in total. The molecule has 0 aliphatic heterocycles. The zero-order valence-corrected chi connectivity index (χ0v) is 8.93. The first-order valence-electron chi connectivity index (χ1n) is 4.58. The molecule has 0 saturated heterocycles. The van der Waals surface area contributed by atoms with Crippen molar-refractivity contribution in [3.63, 3.8) is 0 Å². The Morgan fingerprint density at radius 1 is 1.60 bits per heavy atom. The molecule has 80 valence electrons. The number of nitrogens with zero attached hydrogens (tertiary/aromatic N) is 1. The molecule has 15 heavy (non-hydrogen) atoms. The molecule has 1 amide bonds. The molecule has 1 aromatic heterocycles. The van der Waals surface area contributed by atoms with Crippen molar-refractivity contribution in [2.75, 3.05) is 5.32 Å². The maximum absolute atomic E-state index is 10.9. The van der Waals surface area contributed by atoms with Crippen LogP contribution in [0.15, 0.2) is 0 Å². The summed E-state index contributed by atoms with van der Waals surface area (Å²) in [6.45, 7) is 1.40. The van der Waals surface area contributed by atoms with Crippen LogP contribution in [0.4, 0.5) is 5.13 Å². The Kier molecular flexibility index (Phi) is 2.44. The zero-order valence-electron chi connectivity index (χ0n) is 8.11. The monoisotopic (exact) mass is 226 g/mol. The lowest BCUT2D eigenvalue weighted by Crippen LogP contribution is -2.10. The third-order valence-electron chi connectivity index (χ3n) is 2.30. The molecule has 0 saturated carbocycles. The minimum atomic E-state index is -0.839. The Labute approximate surface area is 90.1 Å². The second kappa shape index (κ2) is 3.62. The van der Waals surface area contributed by atoms with Gasteiger partial charge in [0.05, 0.1) is 5.69 Å². The fourth-order valence-electron chi connectivity index (χ4n) is 1.67. The van der Waals surface area contributed by atoms with Crippen molar-refractivity contribution in [2.24, 2.45) is 0 Å². The molecule has 1 heterocycles. The van der Waals surface area contributed by atoms with E-state index in [1.807, 2.05) is 0 Å². The first-order valence-corrected chi connectivity index (χ1v) is 5.39. The van der Waals surface area contributed by atoms with Gasteiger partial charge in [0.25, 0.3) is 0 Å². The summed E-state index contributed by atoms with van der Waals surface area (Å²) in [4.78, 5) is 26.8. The van der Waals surface area contributed by atoms with Crippen LogP contribution in [0, 0.1) is 0 Å². The van der Waals surface area contributed by atoms with Gasteiger partial charge in [0.15, 0.2) is 5.13 Å². The van der Waals surface area contributed by atoms with Gasteiger partial charge in [0.2, 0.25) is 5.91 Å². The van der Waals surface area contributed by atoms with Gasteiger partial charge in [-0.3, -0.25) is 9.59 Å². The number of amides is 1. The number of aliphatic carboxylic acids is 1. The number of thiazole rings is 1. The second-order valence-corrected chi connectivity index (χ2v) is 4.52. The Hall–Kier alpha value is -1.43. The number of carbonyl (C=O) groups is 2. The van der Waals surface area contributed by atoms with Gasteiger partial charge in [-0.2, -0.15) is 0 Å². The van der Waals surface area contributed by atoms with Crippen molar-refractivity contribution in [3.05, 3.63) is 10.6 Å². The van der Waals surface area contributed by atoms with E-state index in [2.05, 4.69) is 10.3 Å². The molecule has 1 aliphatic rings. The summed E-state index contributed by atoms with van der Waals surface area (Å²) in [5.74, 6) is -1.53. The predicted molar refractivity (Wildman–Crippen MR) is 55.1 cm³/mol. The summed E-state index contributed by atoms with van der Waals surface area (Å²) in [6.07, 6.45) is 1.35. The lowest BCUT2D eigenvalue weighted by molar-refractivity contribution is -0.138. The van der Waals surface area contributed by atoms with E-state index in [1.165, 1.54) is 18.3 Å². The number of rotatable bonds is 2. The molecule has 1 aromatic rings. The number of anilines is 1. The summed E-state index contributed by atoms with van der Waals surface area (Å²) >= 11 is 1.37. The first kappa shape index (κ1) is 10.1. The lowest BCUT2D eigenvalue weighted by atomic mass is 10.1. The fourth-order valence-corrected chi connectivity index (χ4v) is 2.76. The number of fused-ring (bicyclic) bond motifs is 1. The highest BCUT2D eigenvalue weighted by molar-refractivity contribution is 7.16. The van der Waals surface area contributed by atoms with Crippen molar-refractivity contribution in [3.8, 4) is 0 Å². The van der Waals surface area contributed by atoms with Crippen molar-refractivity contribution in [2.45, 2.75) is 25.7 Å². The SMILES string of the molecule is CC(=O)Nc1nc2c(s1)CCC2C(=O)O. The number of nitrogens with one attached hydrogen (secondary N) is 1. The normalized spacial score (nSPS) is 18.6. The number of aromatic nitrogens is 1. The molecule has 1 unspecified atom stereocenters. The molecule has 0 spiro atoms. The van der Waals surface area contributed by atoms with Gasteiger partial charge >= 0.3 is 5.97 Å². The molecule has 6 heteroatoms. The number of carboxylic acid groups (broad SMARTS) is 1. The molecule has 1 aliphatic carbocycles. The van der Waals surface area contributed by atoms with E-state index in [1.54, 1.807) is 0 Å². The molecule has 1 atom stereocenters. The van der Waals surface area contributed by atoms with Gasteiger partial charge in [0, 0.05) is 11.8 Å². The summed E-state index contributed by atoms with van der Waals surface area (Å²) in [5.41, 5.74) is 0.622. The minimum absolute atomic E-state index is 0.186. The molecular formula is C9H10N2O3S. The number of aryl methyl sites for hydroxylation is 1. The molecular weight excluding hydrogens is 216 g/mol. The molecule has 2 N–H and O–H groups in total. The van der Waals surface area contributed by atoms with E-state index in [0.717, 1.165) is 11.3 Å². The summed E-state index contributed by atoms with van der Waals surface area (Å²) in [5, 5.41) is 12.0. The molecule has 2 rings (SSSR count). The number of carboxylic acids is 1. The second-order valence-electron chi connectivity index (χ2n) is 3.44. The van der Waals surface area contributed by atoms with E-state index < -0.39 is 11.9 Å². The Balaban J connectivity index is 2.26. The third-order valence-corrected chi connectivity index (χ3v) is 3.35. The standard InChI is InChI=1S/C9H10N2O3S/c1-4(12)10-9-11-7-5(8(13)14)2-3-6(7)15-9/h5H,2-3H2,1H3,(H,13,14)(H,10,11,12). The van der Waals surface area contributed by atoms with Crippen molar-refractivity contribution in [1.82, 2.24) is 4.98 Å². The maximum Gasteiger partial charge on any atom is 0.312 e. The maximum atomic E-state index is 10.9. The van der Waals surface area contributed by atoms with Gasteiger partial charge < -0.3 is 10.4 Å². The van der Waals surface area contributed by atoms with Crippen LogP contribution in [0.2, 0.25) is 0 Å². The van der Waals surface area contributed by atoms with E-state index in [9.17, 15) is 9.59 Å². The van der Waals surface area contributed by atoms with Crippen LogP contribution in [0.3, 0.4) is 0 Å². The topological polar surface area (TPSA) is 79.3 Å². The molecule has 0 aromatic carbocycles. The zero-order chi connectivity index (χ0) is 11.0. The van der Waals surface area contributed by atoms with E-state index in [-0.39, 0.29) is 5.91 Å². The highest BCUT2D eigenvalue weighted by Gasteiger charge is 2.32. The van der Waals surface area contributed by atoms with Gasteiger partial charge in [-0.1, -0.05) is 0 Å². The van der Waals surface area contributed by atoms with Crippen molar-refractivity contribution < 1.29 is 14.7 Å². The van der Waals surface area contributed by atoms with Gasteiger partial charge in [-0.25, -0.2) is 4.98 Å². The first-order chi connectivity index (χ1) is 7.08. The minimum Gasteiger partial charge on any atom is -0.481 e. The Morgan fingerprint density at radius 2 is 2.33 bits per heavy atom. The number of hydrogen-bond acceptors (Lipinski definition) is 4. The summed E-state index contributed by atoms with van der Waals surface area (Å²) in [7, 11) is 0. The number of carbonyl (C=O) groups excluding carboxylic acids is 1. The number of hydrogen-bond donors (Lipinski definition) is 2. The van der Waals surface area contributed by atoms with Crippen molar-refractivity contribution >= 4 is 28.3 Å². The van der Waals surface area contributed by atoms with E-state index in [4.69, 9.17) is 5.11 Å². The highest BCUT2D eigenvalue weighted by atomic mass is 32.1. The van der Waals surface area contributed by atoms with Gasteiger partial charge in [-0.15, -0.1) is 11.3 Å². The van der Waals surface area contributed by atoms with Crippen LogP contribution in [-0.4, -0.2) is 22.0 Å².